The van der Waals surface area contributed by atoms with E-state index < -0.39 is 12.3 Å². The molecule has 0 saturated carbocycles. The zero-order chi connectivity index (χ0) is 25.9. The van der Waals surface area contributed by atoms with Gasteiger partial charge in [0.25, 0.3) is 11.8 Å². The monoisotopic (exact) mass is 508 g/mol. The second kappa shape index (κ2) is 10.5. The smallest absolute Gasteiger partial charge is 0.314 e. The Balaban J connectivity index is 1.24. The molecule has 1 fully saturated rings. The van der Waals surface area contributed by atoms with E-state index in [9.17, 15) is 13.6 Å². The molecule has 1 aliphatic rings. The van der Waals surface area contributed by atoms with E-state index in [1.165, 1.54) is 6.20 Å². The summed E-state index contributed by atoms with van der Waals surface area (Å²) >= 11 is 0. The summed E-state index contributed by atoms with van der Waals surface area (Å²) in [5.41, 5.74) is 3.18. The molecule has 10 nitrogen and oxygen atoms in total. The lowest BCUT2D eigenvalue weighted by molar-refractivity contribution is 0.0595. The molecule has 12 heteroatoms. The van der Waals surface area contributed by atoms with Crippen LogP contribution in [-0.2, 0) is 6.54 Å². The first-order valence-electron chi connectivity index (χ1n) is 12.0. The maximum absolute atomic E-state index is 13.1. The second-order valence-electron chi connectivity index (χ2n) is 9.09. The number of hydrogen-bond donors (Lipinski definition) is 0. The molecule has 1 saturated heterocycles. The molecule has 0 radical (unpaired) electrons. The lowest BCUT2D eigenvalue weighted by Gasteiger charge is -2.37. The van der Waals surface area contributed by atoms with Gasteiger partial charge >= 0.3 is 6.43 Å². The lowest BCUT2D eigenvalue weighted by atomic mass is 10.1. The van der Waals surface area contributed by atoms with Crippen LogP contribution in [0.25, 0.3) is 22.7 Å². The number of nitrogens with zero attached hydrogens (tertiary/aromatic N) is 8. The average molecular weight is 509 g/mol. The van der Waals surface area contributed by atoms with Crippen molar-refractivity contribution in [3.05, 3.63) is 65.9 Å². The fourth-order valence-corrected chi connectivity index (χ4v) is 4.19. The van der Waals surface area contributed by atoms with Crippen molar-refractivity contribution in [1.29, 1.82) is 0 Å². The van der Waals surface area contributed by atoms with Gasteiger partial charge in [-0.25, -0.2) is 4.68 Å². The summed E-state index contributed by atoms with van der Waals surface area (Å²) in [6, 6.07) is 11.3. The highest BCUT2D eigenvalue weighted by atomic mass is 19.3. The van der Waals surface area contributed by atoms with Gasteiger partial charge in [0.2, 0.25) is 5.89 Å². The van der Waals surface area contributed by atoms with Crippen LogP contribution in [0.15, 0.2) is 53.2 Å². The van der Waals surface area contributed by atoms with Crippen molar-refractivity contribution in [3.63, 3.8) is 0 Å². The summed E-state index contributed by atoms with van der Waals surface area (Å²) in [6.45, 7) is 7.85. The van der Waals surface area contributed by atoms with Gasteiger partial charge in [-0.2, -0.15) is 8.78 Å². The van der Waals surface area contributed by atoms with Gasteiger partial charge in [0, 0.05) is 49.5 Å². The highest BCUT2D eigenvalue weighted by Crippen LogP contribution is 2.23. The van der Waals surface area contributed by atoms with E-state index in [2.05, 4.69) is 44.2 Å². The number of carbonyl (C=O) groups excluding carboxylic acids is 1. The summed E-state index contributed by atoms with van der Waals surface area (Å²) < 4.78 is 31.9. The van der Waals surface area contributed by atoms with Crippen LogP contribution in [-0.4, -0.2) is 78.1 Å². The minimum atomic E-state index is -2.82. The number of benzene rings is 1. The Morgan fingerprint density at radius 2 is 1.84 bits per heavy atom. The van der Waals surface area contributed by atoms with Crippen molar-refractivity contribution in [2.45, 2.75) is 32.9 Å². The van der Waals surface area contributed by atoms with Crippen molar-refractivity contribution in [3.8, 4) is 22.7 Å². The van der Waals surface area contributed by atoms with Crippen molar-refractivity contribution >= 4 is 5.91 Å². The number of carbonyl (C=O) groups is 1. The minimum absolute atomic E-state index is 0.0175. The number of rotatable bonds is 7. The Hall–Kier alpha value is -4.06. The van der Waals surface area contributed by atoms with Gasteiger partial charge < -0.3 is 9.32 Å². The van der Waals surface area contributed by atoms with E-state index in [0.717, 1.165) is 18.7 Å². The van der Waals surface area contributed by atoms with Gasteiger partial charge in [0.1, 0.15) is 5.69 Å². The summed E-state index contributed by atoms with van der Waals surface area (Å²) in [5.74, 6) is -0.730. The normalized spacial score (nSPS) is 14.6. The topological polar surface area (TPSA) is 106 Å². The highest BCUT2D eigenvalue weighted by Gasteiger charge is 2.23. The van der Waals surface area contributed by atoms with E-state index in [4.69, 9.17) is 4.42 Å². The highest BCUT2D eigenvalue weighted by molar-refractivity contribution is 5.95. The van der Waals surface area contributed by atoms with Crippen molar-refractivity contribution in [2.75, 3.05) is 26.2 Å². The minimum Gasteiger partial charge on any atom is -0.415 e. The standard InChI is InChI=1S/C25H26F2N8O2/c1-16(2)33-8-10-34(11-9-33)25(36)18-5-3-4-17(12-18)21-15-35(32-29-21)14-20-7-6-19(13-28-20)23-30-31-24(37-23)22(26)27/h3-7,12-13,15-16,22H,8-11,14H2,1-2H3. The van der Waals surface area contributed by atoms with Crippen LogP contribution < -0.4 is 0 Å². The van der Waals surface area contributed by atoms with Gasteiger partial charge in [-0.3, -0.25) is 14.7 Å². The molecule has 0 unspecified atom stereocenters. The van der Waals surface area contributed by atoms with Crippen LogP contribution in [0.1, 0.15) is 42.2 Å². The first-order chi connectivity index (χ1) is 17.9. The maximum Gasteiger partial charge on any atom is 0.314 e. The number of alkyl halides is 2. The molecular weight excluding hydrogens is 482 g/mol. The maximum atomic E-state index is 13.1. The molecule has 4 heterocycles. The molecule has 3 aromatic heterocycles. The lowest BCUT2D eigenvalue weighted by Crippen LogP contribution is -2.50. The molecule has 0 spiro atoms. The van der Waals surface area contributed by atoms with Crippen LogP contribution >= 0.6 is 0 Å². The Labute approximate surface area is 211 Å². The predicted molar refractivity (Wildman–Crippen MR) is 130 cm³/mol. The molecule has 5 rings (SSSR count). The van der Waals surface area contributed by atoms with Crippen LogP contribution in [0.4, 0.5) is 8.78 Å². The molecule has 4 aromatic rings. The van der Waals surface area contributed by atoms with Gasteiger partial charge in [-0.1, -0.05) is 17.3 Å². The van der Waals surface area contributed by atoms with Crippen molar-refractivity contribution in [2.24, 2.45) is 0 Å². The molecule has 0 N–H and O–H groups in total. The quantitative estimate of drug-likeness (QED) is 0.373. The van der Waals surface area contributed by atoms with E-state index >= 15 is 0 Å². The van der Waals surface area contributed by atoms with E-state index in [1.54, 1.807) is 23.0 Å². The summed E-state index contributed by atoms with van der Waals surface area (Å²) in [6.07, 6.45) is 0.439. The molecular formula is C25H26F2N8O2. The van der Waals surface area contributed by atoms with E-state index in [1.807, 2.05) is 29.2 Å². The molecule has 0 aliphatic carbocycles. The second-order valence-corrected chi connectivity index (χ2v) is 9.09. The number of pyridine rings is 1. The third kappa shape index (κ3) is 5.53. The summed E-state index contributed by atoms with van der Waals surface area (Å²) in [4.78, 5) is 21.7. The molecule has 0 atom stereocenters. The van der Waals surface area contributed by atoms with Crippen molar-refractivity contribution < 1.29 is 18.0 Å². The first kappa shape index (κ1) is 24.6. The Morgan fingerprint density at radius 1 is 1.03 bits per heavy atom. The number of halogens is 2. The number of aromatic nitrogens is 6. The third-order valence-electron chi connectivity index (χ3n) is 6.30. The van der Waals surface area contributed by atoms with Gasteiger partial charge in [0.15, 0.2) is 0 Å². The zero-order valence-corrected chi connectivity index (χ0v) is 20.5. The summed E-state index contributed by atoms with van der Waals surface area (Å²) in [5, 5.41) is 15.4. The molecule has 0 bridgehead atoms. The van der Waals surface area contributed by atoms with E-state index in [-0.39, 0.29) is 11.8 Å². The fraction of sp³-hybridized carbons (Fsp3) is 0.360. The molecule has 1 aromatic carbocycles. The Morgan fingerprint density at radius 3 is 2.51 bits per heavy atom. The molecule has 1 aliphatic heterocycles. The molecule has 37 heavy (non-hydrogen) atoms. The fourth-order valence-electron chi connectivity index (χ4n) is 4.19. The number of piperazine rings is 1. The average Bonchev–Trinajstić information content (AvgIpc) is 3.59. The third-order valence-corrected chi connectivity index (χ3v) is 6.30. The van der Waals surface area contributed by atoms with Gasteiger partial charge in [-0.15, -0.1) is 15.3 Å². The van der Waals surface area contributed by atoms with Crippen LogP contribution in [0.5, 0.6) is 0 Å². The first-order valence-corrected chi connectivity index (χ1v) is 12.0. The predicted octanol–water partition coefficient (Wildman–Crippen LogP) is 3.54. The zero-order valence-electron chi connectivity index (χ0n) is 20.5. The Bertz CT molecular complexity index is 1360. The van der Waals surface area contributed by atoms with Gasteiger partial charge in [0.05, 0.1) is 24.0 Å². The largest absolute Gasteiger partial charge is 0.415 e. The molecule has 1 amide bonds. The SMILES string of the molecule is CC(C)N1CCN(C(=O)c2cccc(-c3cn(Cc4ccc(-c5nnc(C(F)F)o5)cn4)nn3)c2)CC1. The number of amides is 1. The van der Waals surface area contributed by atoms with Crippen LogP contribution in [0.2, 0.25) is 0 Å². The molecule has 192 valence electrons. The van der Waals surface area contributed by atoms with E-state index in [0.29, 0.717) is 48.2 Å². The van der Waals surface area contributed by atoms with Crippen LogP contribution in [0.3, 0.4) is 0 Å². The van der Waals surface area contributed by atoms with Crippen LogP contribution in [0, 0.1) is 0 Å². The van der Waals surface area contributed by atoms with Gasteiger partial charge in [-0.05, 0) is 38.1 Å². The number of hydrogen-bond acceptors (Lipinski definition) is 8. The Kier molecular flexibility index (Phi) is 6.99. The summed E-state index contributed by atoms with van der Waals surface area (Å²) in [7, 11) is 0. The van der Waals surface area contributed by atoms with Crippen molar-refractivity contribution in [1.82, 2.24) is 40.0 Å².